The van der Waals surface area contributed by atoms with Gasteiger partial charge in [0.05, 0.1) is 17.7 Å². The normalized spacial score (nSPS) is 13.6. The summed E-state index contributed by atoms with van der Waals surface area (Å²) in [6, 6.07) is 31.9. The minimum Gasteiger partial charge on any atom is -0.465 e. The number of hydrogen-bond acceptors (Lipinski definition) is 6. The highest BCUT2D eigenvalue weighted by molar-refractivity contribution is 5.87. The molecule has 1 aliphatic carbocycles. The Balaban J connectivity index is 1.19. The van der Waals surface area contributed by atoms with Crippen LogP contribution in [0.3, 0.4) is 0 Å². The summed E-state index contributed by atoms with van der Waals surface area (Å²) in [5.41, 5.74) is 6.39. The fraction of sp³-hybridized carbons (Fsp3) is 0.206. The van der Waals surface area contributed by atoms with E-state index in [2.05, 4.69) is 41.6 Å². The predicted molar refractivity (Wildman–Crippen MR) is 153 cm³/mol. The molecular weight excluding hydrogens is 500 g/mol. The van der Waals surface area contributed by atoms with Gasteiger partial charge >= 0.3 is 5.97 Å². The maximum atomic E-state index is 12.4. The van der Waals surface area contributed by atoms with Crippen molar-refractivity contribution in [2.75, 3.05) is 6.61 Å². The number of aryl methyl sites for hydroxylation is 1. The van der Waals surface area contributed by atoms with Crippen LogP contribution in [0.4, 0.5) is 0 Å². The molecule has 0 N–H and O–H groups in total. The number of para-hydroxylation sites is 1. The Hall–Kier alpha value is -4.71. The molecule has 1 saturated carbocycles. The van der Waals surface area contributed by atoms with E-state index >= 15 is 0 Å². The van der Waals surface area contributed by atoms with Gasteiger partial charge in [0.2, 0.25) is 5.88 Å². The highest BCUT2D eigenvalue weighted by Gasteiger charge is 2.52. The van der Waals surface area contributed by atoms with Gasteiger partial charge in [0.25, 0.3) is 0 Å². The van der Waals surface area contributed by atoms with E-state index in [1.54, 1.807) is 0 Å². The molecule has 0 unspecified atom stereocenters. The summed E-state index contributed by atoms with van der Waals surface area (Å²) in [5, 5.41) is 4.25. The summed E-state index contributed by atoms with van der Waals surface area (Å²) < 4.78 is 17.0. The second-order valence-corrected chi connectivity index (χ2v) is 10.1. The molecule has 1 fully saturated rings. The summed E-state index contributed by atoms with van der Waals surface area (Å²) in [4.78, 5) is 17.1. The molecule has 1 aliphatic rings. The summed E-state index contributed by atoms with van der Waals surface area (Å²) in [7, 11) is 0. The molecule has 0 saturated heterocycles. The molecule has 0 amide bonds. The summed E-state index contributed by atoms with van der Waals surface area (Å²) in [5.74, 6) is 1.91. The zero-order chi connectivity index (χ0) is 27.5. The molecule has 2 heterocycles. The van der Waals surface area contributed by atoms with Gasteiger partial charge in [0.15, 0.2) is 5.76 Å². The van der Waals surface area contributed by atoms with Crippen molar-refractivity contribution < 1.29 is 18.8 Å². The maximum Gasteiger partial charge on any atom is 0.316 e. The average molecular weight is 531 g/mol. The monoisotopic (exact) mass is 530 g/mol. The summed E-state index contributed by atoms with van der Waals surface area (Å²) >= 11 is 0. The number of rotatable bonds is 9. The van der Waals surface area contributed by atoms with E-state index in [1.165, 1.54) is 0 Å². The summed E-state index contributed by atoms with van der Waals surface area (Å²) in [6.07, 6.45) is 2.26. The molecule has 3 aromatic carbocycles. The second-order valence-electron chi connectivity index (χ2n) is 10.1. The summed E-state index contributed by atoms with van der Waals surface area (Å²) in [6.45, 7) is 4.20. The van der Waals surface area contributed by atoms with E-state index in [4.69, 9.17) is 19.0 Å². The number of benzene rings is 3. The number of hydrogen-bond donors (Lipinski definition) is 0. The Labute approximate surface area is 233 Å². The van der Waals surface area contributed by atoms with Crippen LogP contribution in [0, 0.1) is 6.92 Å². The van der Waals surface area contributed by atoms with Crippen LogP contribution in [-0.2, 0) is 21.4 Å². The molecule has 0 bridgehead atoms. The minimum atomic E-state index is -0.457. The lowest BCUT2D eigenvalue weighted by Crippen LogP contribution is -2.23. The first-order valence-electron chi connectivity index (χ1n) is 13.6. The predicted octanol–water partition coefficient (Wildman–Crippen LogP) is 7.69. The lowest BCUT2D eigenvalue weighted by atomic mass is 9.93. The Kier molecular flexibility index (Phi) is 6.91. The number of nitrogens with zero attached hydrogens (tertiary/aromatic N) is 2. The van der Waals surface area contributed by atoms with Crippen molar-refractivity contribution in [3.63, 3.8) is 0 Å². The first-order valence-corrected chi connectivity index (χ1v) is 13.6. The molecule has 0 radical (unpaired) electrons. The molecule has 40 heavy (non-hydrogen) atoms. The highest BCUT2D eigenvalue weighted by Crippen LogP contribution is 2.49. The van der Waals surface area contributed by atoms with Gasteiger partial charge in [0.1, 0.15) is 5.75 Å². The lowest BCUT2D eigenvalue weighted by Gasteiger charge is -2.14. The molecular formula is C34H30N2O4. The standard InChI is InChI=1S/C34H30N2O4/c1-3-38-33(37)34(20-21-34)27-18-16-25(17-19-27)24-12-14-26(15-13-24)32-30(23(2)36-40-32)22-28-8-7-11-31(35-28)39-29-9-5-4-6-10-29/h4-19H,3,20-22H2,1-2H3. The Morgan fingerprint density at radius 1 is 0.850 bits per heavy atom. The number of pyridine rings is 1. The quantitative estimate of drug-likeness (QED) is 0.182. The molecule has 0 aliphatic heterocycles. The third-order valence-corrected chi connectivity index (χ3v) is 7.42. The highest BCUT2D eigenvalue weighted by atomic mass is 16.5. The van der Waals surface area contributed by atoms with E-state index < -0.39 is 5.41 Å². The van der Waals surface area contributed by atoms with E-state index in [1.807, 2.05) is 74.5 Å². The van der Waals surface area contributed by atoms with Gasteiger partial charge in [-0.3, -0.25) is 4.79 Å². The smallest absolute Gasteiger partial charge is 0.316 e. The Morgan fingerprint density at radius 2 is 1.52 bits per heavy atom. The topological polar surface area (TPSA) is 74.5 Å². The zero-order valence-corrected chi connectivity index (χ0v) is 22.6. The van der Waals surface area contributed by atoms with Gasteiger partial charge < -0.3 is 14.0 Å². The van der Waals surface area contributed by atoms with Crippen LogP contribution in [0.2, 0.25) is 0 Å². The van der Waals surface area contributed by atoms with E-state index in [0.29, 0.717) is 18.9 Å². The first kappa shape index (κ1) is 25.6. The van der Waals surface area contributed by atoms with Crippen LogP contribution in [0.25, 0.3) is 22.5 Å². The Bertz CT molecular complexity index is 1620. The number of esters is 1. The molecule has 6 rings (SSSR count). The third-order valence-electron chi connectivity index (χ3n) is 7.42. The van der Waals surface area contributed by atoms with Crippen LogP contribution < -0.4 is 4.74 Å². The van der Waals surface area contributed by atoms with Crippen LogP contribution >= 0.6 is 0 Å². The third kappa shape index (κ3) is 5.13. The van der Waals surface area contributed by atoms with Gasteiger partial charge in [-0.15, -0.1) is 0 Å². The molecule has 200 valence electrons. The van der Waals surface area contributed by atoms with Crippen LogP contribution in [0.15, 0.2) is 102 Å². The van der Waals surface area contributed by atoms with Crippen molar-refractivity contribution in [1.82, 2.24) is 10.1 Å². The van der Waals surface area contributed by atoms with Crippen molar-refractivity contribution in [2.24, 2.45) is 0 Å². The van der Waals surface area contributed by atoms with E-state index in [-0.39, 0.29) is 5.97 Å². The van der Waals surface area contributed by atoms with Gasteiger partial charge in [-0.1, -0.05) is 78.0 Å². The SMILES string of the molecule is CCOC(=O)C1(c2ccc(-c3ccc(-c4onc(C)c4Cc4cccc(Oc5ccccc5)n4)cc3)cc2)CC1. The molecule has 5 aromatic rings. The van der Waals surface area contributed by atoms with Gasteiger partial charge in [-0.25, -0.2) is 4.98 Å². The largest absolute Gasteiger partial charge is 0.465 e. The molecule has 6 nitrogen and oxygen atoms in total. The van der Waals surface area contributed by atoms with Crippen LogP contribution in [0.1, 0.15) is 42.3 Å². The minimum absolute atomic E-state index is 0.115. The van der Waals surface area contributed by atoms with E-state index in [9.17, 15) is 4.79 Å². The van der Waals surface area contributed by atoms with Crippen molar-refractivity contribution >= 4 is 5.97 Å². The average Bonchev–Trinajstić information content (AvgIpc) is 3.73. The number of ether oxygens (including phenoxy) is 2. The van der Waals surface area contributed by atoms with Crippen LogP contribution in [0.5, 0.6) is 11.6 Å². The van der Waals surface area contributed by atoms with E-state index in [0.717, 1.165) is 63.6 Å². The van der Waals surface area contributed by atoms with Gasteiger partial charge in [-0.2, -0.15) is 0 Å². The second kappa shape index (κ2) is 10.8. The number of aromatic nitrogens is 2. The fourth-order valence-electron chi connectivity index (χ4n) is 5.03. The van der Waals surface area contributed by atoms with Crippen molar-refractivity contribution in [3.8, 4) is 34.1 Å². The van der Waals surface area contributed by atoms with Gasteiger partial charge in [-0.05, 0) is 61.6 Å². The molecule has 6 heteroatoms. The lowest BCUT2D eigenvalue weighted by molar-refractivity contribution is -0.146. The first-order chi connectivity index (χ1) is 19.6. The van der Waals surface area contributed by atoms with Gasteiger partial charge in [0, 0.05) is 29.3 Å². The Morgan fingerprint density at radius 3 is 2.20 bits per heavy atom. The fourth-order valence-corrected chi connectivity index (χ4v) is 5.03. The molecule has 0 atom stereocenters. The molecule has 2 aromatic heterocycles. The van der Waals surface area contributed by atoms with Crippen LogP contribution in [-0.4, -0.2) is 22.7 Å². The van der Waals surface area contributed by atoms with Crippen molar-refractivity contribution in [1.29, 1.82) is 0 Å². The maximum absolute atomic E-state index is 12.4. The van der Waals surface area contributed by atoms with Crippen molar-refractivity contribution in [3.05, 3.63) is 120 Å². The zero-order valence-electron chi connectivity index (χ0n) is 22.6. The number of carbonyl (C=O) groups excluding carboxylic acids is 1. The number of carbonyl (C=O) groups is 1. The van der Waals surface area contributed by atoms with Crippen molar-refractivity contribution in [2.45, 2.75) is 38.5 Å². The molecule has 0 spiro atoms.